The topological polar surface area (TPSA) is 64.6 Å². The Morgan fingerprint density at radius 3 is 2.50 bits per heavy atom. The molecule has 5 nitrogen and oxygen atoms in total. The van der Waals surface area contributed by atoms with Crippen LogP contribution < -0.4 is 4.72 Å². The lowest BCUT2D eigenvalue weighted by Gasteiger charge is -2.37. The number of nitrogens with one attached hydrogen (secondary N) is 1. The van der Waals surface area contributed by atoms with E-state index >= 15 is 0 Å². The van der Waals surface area contributed by atoms with Crippen molar-refractivity contribution in [2.24, 2.45) is 0 Å². The van der Waals surface area contributed by atoms with Crippen LogP contribution in [0.5, 0.6) is 0 Å². The summed E-state index contributed by atoms with van der Waals surface area (Å²) in [6.45, 7) is 4.34. The molecule has 1 rings (SSSR count). The van der Waals surface area contributed by atoms with E-state index in [-0.39, 0.29) is 6.61 Å². The molecule has 0 aromatic heterocycles. The second-order valence-electron chi connectivity index (χ2n) is 3.02. The summed E-state index contributed by atoms with van der Waals surface area (Å²) in [5.41, 5.74) is -0.478. The average Bonchev–Trinajstić information content (AvgIpc) is 1.83. The molecular weight excluding hydrogens is 182 g/mol. The van der Waals surface area contributed by atoms with E-state index in [0.29, 0.717) is 13.2 Å². The van der Waals surface area contributed by atoms with Crippen molar-refractivity contribution in [1.29, 1.82) is 0 Å². The van der Waals surface area contributed by atoms with E-state index in [4.69, 9.17) is 4.74 Å². The van der Waals surface area contributed by atoms with Crippen LogP contribution in [-0.4, -0.2) is 33.8 Å². The first-order valence-electron chi connectivity index (χ1n) is 3.73. The normalized spacial score (nSPS) is 21.8. The molecule has 0 bridgehead atoms. The molecule has 0 unspecified atom stereocenters. The second kappa shape index (κ2) is 3.29. The highest BCUT2D eigenvalue weighted by Crippen LogP contribution is 2.16. The van der Waals surface area contributed by atoms with Crippen molar-refractivity contribution in [3.8, 4) is 0 Å². The summed E-state index contributed by atoms with van der Waals surface area (Å²) in [6, 6.07) is 0. The van der Waals surface area contributed by atoms with Gasteiger partial charge in [-0.1, -0.05) is 0 Å². The third-order valence-electron chi connectivity index (χ3n) is 1.49. The lowest BCUT2D eigenvalue weighted by atomic mass is 10.0. The van der Waals surface area contributed by atoms with Crippen LogP contribution in [0.25, 0.3) is 0 Å². The van der Waals surface area contributed by atoms with Gasteiger partial charge in [-0.25, -0.2) is 0 Å². The summed E-state index contributed by atoms with van der Waals surface area (Å²) in [6.07, 6.45) is 0. The first-order chi connectivity index (χ1) is 5.47. The van der Waals surface area contributed by atoms with Crippen LogP contribution in [0.15, 0.2) is 0 Å². The Kier molecular flexibility index (Phi) is 2.72. The van der Waals surface area contributed by atoms with Crippen LogP contribution in [0, 0.1) is 0 Å². The average molecular weight is 195 g/mol. The summed E-state index contributed by atoms with van der Waals surface area (Å²) < 4.78 is 33.9. The van der Waals surface area contributed by atoms with Gasteiger partial charge in [-0.05, 0) is 13.8 Å². The first-order valence-corrected chi connectivity index (χ1v) is 5.14. The number of hydrogen-bond donors (Lipinski definition) is 1. The minimum Gasteiger partial charge on any atom is -0.377 e. The van der Waals surface area contributed by atoms with Gasteiger partial charge in [-0.3, -0.25) is 4.18 Å². The fraction of sp³-hybridized carbons (Fsp3) is 1.00. The Morgan fingerprint density at radius 1 is 1.58 bits per heavy atom. The highest BCUT2D eigenvalue weighted by atomic mass is 32.2. The van der Waals surface area contributed by atoms with E-state index < -0.39 is 15.8 Å². The lowest BCUT2D eigenvalue weighted by molar-refractivity contribution is -0.0536. The van der Waals surface area contributed by atoms with Crippen molar-refractivity contribution in [2.45, 2.75) is 19.4 Å². The summed E-state index contributed by atoms with van der Waals surface area (Å²) in [4.78, 5) is 0. The predicted molar refractivity (Wildman–Crippen MR) is 42.9 cm³/mol. The first kappa shape index (κ1) is 9.91. The molecule has 1 aliphatic rings. The molecule has 6 heteroatoms. The van der Waals surface area contributed by atoms with E-state index in [9.17, 15) is 8.42 Å². The van der Waals surface area contributed by atoms with Gasteiger partial charge in [0.2, 0.25) is 0 Å². The van der Waals surface area contributed by atoms with Crippen molar-refractivity contribution in [3.63, 3.8) is 0 Å². The summed E-state index contributed by atoms with van der Waals surface area (Å²) in [5.74, 6) is 0. The molecular formula is C6H13NO4S. The zero-order valence-electron chi connectivity index (χ0n) is 7.16. The number of ether oxygens (including phenoxy) is 1. The molecule has 1 saturated heterocycles. The largest absolute Gasteiger partial charge is 0.377 e. The van der Waals surface area contributed by atoms with Gasteiger partial charge in [0.1, 0.15) is 0 Å². The molecule has 0 radical (unpaired) electrons. The van der Waals surface area contributed by atoms with Crippen molar-refractivity contribution >= 4 is 10.3 Å². The molecule has 0 aromatic carbocycles. The summed E-state index contributed by atoms with van der Waals surface area (Å²) in [7, 11) is -3.58. The van der Waals surface area contributed by atoms with E-state index in [0.717, 1.165) is 0 Å². The fourth-order valence-electron chi connectivity index (χ4n) is 0.954. The van der Waals surface area contributed by atoms with Gasteiger partial charge in [0.05, 0.1) is 25.4 Å². The van der Waals surface area contributed by atoms with Gasteiger partial charge < -0.3 is 4.74 Å². The fourth-order valence-corrected chi connectivity index (χ4v) is 2.04. The maximum atomic E-state index is 11.1. The van der Waals surface area contributed by atoms with Crippen molar-refractivity contribution in [3.05, 3.63) is 0 Å². The standard InChI is InChI=1S/C6H13NO4S/c1-3-11-12(8,9)7-6(2)4-10-5-6/h7H,3-5H2,1-2H3. The maximum Gasteiger partial charge on any atom is 0.336 e. The zero-order valence-corrected chi connectivity index (χ0v) is 7.98. The van der Waals surface area contributed by atoms with Crippen molar-refractivity contribution in [2.75, 3.05) is 19.8 Å². The molecule has 0 spiro atoms. The zero-order chi connectivity index (χ0) is 9.24. The van der Waals surface area contributed by atoms with E-state index in [1.54, 1.807) is 13.8 Å². The minimum atomic E-state index is -3.58. The van der Waals surface area contributed by atoms with E-state index in [1.165, 1.54) is 0 Å². The molecule has 0 aliphatic carbocycles. The molecule has 0 atom stereocenters. The van der Waals surface area contributed by atoms with Gasteiger partial charge in [-0.2, -0.15) is 13.1 Å². The molecule has 72 valence electrons. The Hall–Kier alpha value is -0.170. The van der Waals surface area contributed by atoms with Gasteiger partial charge in [-0.15, -0.1) is 0 Å². The molecule has 1 fully saturated rings. The third kappa shape index (κ3) is 2.41. The highest BCUT2D eigenvalue weighted by Gasteiger charge is 2.37. The number of hydrogen-bond acceptors (Lipinski definition) is 4. The van der Waals surface area contributed by atoms with Gasteiger partial charge in [0.15, 0.2) is 0 Å². The van der Waals surface area contributed by atoms with Crippen LogP contribution in [0.4, 0.5) is 0 Å². The Morgan fingerprint density at radius 2 is 2.17 bits per heavy atom. The quantitative estimate of drug-likeness (QED) is 0.665. The van der Waals surface area contributed by atoms with Gasteiger partial charge in [0.25, 0.3) is 0 Å². The maximum absolute atomic E-state index is 11.1. The molecule has 0 saturated carbocycles. The van der Waals surface area contributed by atoms with Gasteiger partial charge >= 0.3 is 10.3 Å². The Balaban J connectivity index is 2.49. The monoisotopic (exact) mass is 195 g/mol. The molecule has 0 amide bonds. The minimum absolute atomic E-state index is 0.145. The lowest BCUT2D eigenvalue weighted by Crippen LogP contribution is -2.60. The predicted octanol–water partition coefficient (Wildman–Crippen LogP) is -0.354. The van der Waals surface area contributed by atoms with Crippen molar-refractivity contribution < 1.29 is 17.3 Å². The van der Waals surface area contributed by atoms with Crippen LogP contribution in [-0.2, 0) is 19.2 Å². The van der Waals surface area contributed by atoms with Crippen LogP contribution in [0.2, 0.25) is 0 Å². The molecule has 1 aliphatic heterocycles. The van der Waals surface area contributed by atoms with Crippen molar-refractivity contribution in [1.82, 2.24) is 4.72 Å². The summed E-state index contributed by atoms with van der Waals surface area (Å²) >= 11 is 0. The molecule has 1 N–H and O–H groups in total. The SMILES string of the molecule is CCOS(=O)(=O)NC1(C)COC1. The van der Waals surface area contributed by atoms with Crippen LogP contribution >= 0.6 is 0 Å². The summed E-state index contributed by atoms with van der Waals surface area (Å²) in [5, 5.41) is 0. The van der Waals surface area contributed by atoms with Gasteiger partial charge in [0, 0.05) is 0 Å². The van der Waals surface area contributed by atoms with E-state index in [2.05, 4.69) is 8.91 Å². The Bertz CT molecular complexity index is 244. The highest BCUT2D eigenvalue weighted by molar-refractivity contribution is 7.84. The van der Waals surface area contributed by atoms with Crippen LogP contribution in [0.1, 0.15) is 13.8 Å². The molecule has 12 heavy (non-hydrogen) atoms. The second-order valence-corrected chi connectivity index (χ2v) is 4.36. The molecule has 0 aromatic rings. The van der Waals surface area contributed by atoms with E-state index in [1.807, 2.05) is 0 Å². The molecule has 1 heterocycles. The Labute approximate surface area is 72.3 Å². The van der Waals surface area contributed by atoms with Crippen LogP contribution in [0.3, 0.4) is 0 Å². The smallest absolute Gasteiger partial charge is 0.336 e. The number of rotatable bonds is 4. The third-order valence-corrected chi connectivity index (χ3v) is 2.77.